The Morgan fingerprint density at radius 1 is 1.29 bits per heavy atom. The predicted molar refractivity (Wildman–Crippen MR) is 87.1 cm³/mol. The average molecular weight is 454 g/mol. The van der Waals surface area contributed by atoms with E-state index >= 15 is 0 Å². The number of aliphatic hydroxyl groups is 4. The zero-order valence-electron chi connectivity index (χ0n) is 12.8. The maximum atomic E-state index is 10.6. The van der Waals surface area contributed by atoms with Crippen LogP contribution in [0.4, 0.5) is 0 Å². The molecule has 24 heavy (non-hydrogen) atoms. The molecule has 0 aromatic carbocycles. The van der Waals surface area contributed by atoms with E-state index in [0.717, 1.165) is 17.1 Å². The fourth-order valence-corrected chi connectivity index (χ4v) is 4.13. The van der Waals surface area contributed by atoms with Gasteiger partial charge in [0.25, 0.3) is 0 Å². The van der Waals surface area contributed by atoms with Crippen LogP contribution in [-0.2, 0) is 19.4 Å². The van der Waals surface area contributed by atoms with Crippen LogP contribution < -0.4 is 0 Å². The molecule has 1 rings (SSSR count). The number of thioether (sulfide) groups is 1. The van der Waals surface area contributed by atoms with Crippen LogP contribution in [0.15, 0.2) is 5.16 Å². The zero-order valence-corrected chi connectivity index (χ0v) is 16.1. The molecule has 0 aromatic heterocycles. The third-order valence-electron chi connectivity index (χ3n) is 3.07. The Bertz CT molecular complexity index is 516. The van der Waals surface area contributed by atoms with Gasteiger partial charge in [0, 0.05) is 0 Å². The molecule has 1 heterocycles. The molecule has 0 amide bonds. The summed E-state index contributed by atoms with van der Waals surface area (Å²) >= 11 is 1.20. The summed E-state index contributed by atoms with van der Waals surface area (Å²) in [7, 11) is -4.77. The molecule has 13 heteroatoms. The van der Waals surface area contributed by atoms with Crippen LogP contribution in [-0.4, -0.2) is 89.9 Å². The van der Waals surface area contributed by atoms with Gasteiger partial charge in [0.05, 0.1) is 0 Å². The van der Waals surface area contributed by atoms with Crippen LogP contribution >= 0.6 is 11.8 Å². The summed E-state index contributed by atoms with van der Waals surface area (Å²) < 4.78 is 39.2. The average Bonchev–Trinajstić information content (AvgIpc) is 2.52. The standard InChI is InChI=1S/C11H21NO9S2Se/c1-24-4-2-3-7(12-21-23(17,18)19)22-11-10(16)9(15)8(14)6(5-13)20-11/h6,8-11,13-16H,2-5H2,1H3,(H,17,18,19)/b12-7-/t6-,8-,9+,10-,11+/m1/s1. The van der Waals surface area contributed by atoms with E-state index in [4.69, 9.17) is 14.4 Å². The SMILES string of the molecule is C[Se]CCC/C(=N/OS(=O)(=O)O)S[C@@H]1O[C@H](CO)[C@@H](O)[C@H](O)[C@H]1O. The number of rotatable bonds is 8. The maximum absolute atomic E-state index is 10.6. The Balaban J connectivity index is 2.82. The molecule has 0 radical (unpaired) electrons. The van der Waals surface area contributed by atoms with Gasteiger partial charge >= 0.3 is 150 Å². The van der Waals surface area contributed by atoms with Crippen LogP contribution in [0.25, 0.3) is 0 Å². The van der Waals surface area contributed by atoms with Crippen molar-refractivity contribution in [2.24, 2.45) is 5.16 Å². The Hall–Kier alpha value is 0.0495. The van der Waals surface area contributed by atoms with Gasteiger partial charge in [-0.25, -0.2) is 0 Å². The number of nitrogens with zero attached hydrogens (tertiary/aromatic N) is 1. The van der Waals surface area contributed by atoms with Gasteiger partial charge in [0.15, 0.2) is 0 Å². The second kappa shape index (κ2) is 10.3. The van der Waals surface area contributed by atoms with Crippen molar-refractivity contribution in [3.63, 3.8) is 0 Å². The van der Waals surface area contributed by atoms with Gasteiger partial charge < -0.3 is 0 Å². The summed E-state index contributed by atoms with van der Waals surface area (Å²) in [5.41, 5.74) is -1.10. The monoisotopic (exact) mass is 455 g/mol. The molecule has 5 N–H and O–H groups in total. The molecule has 1 saturated heterocycles. The third kappa shape index (κ3) is 7.12. The fourth-order valence-electron chi connectivity index (χ4n) is 1.88. The first kappa shape index (κ1) is 22.1. The molecule has 0 aliphatic carbocycles. The second-order valence-electron chi connectivity index (χ2n) is 4.90. The van der Waals surface area contributed by atoms with E-state index in [9.17, 15) is 23.7 Å². The number of hydrogen-bond donors (Lipinski definition) is 5. The molecule has 0 saturated carbocycles. The van der Waals surface area contributed by atoms with Crippen molar-refractivity contribution in [1.29, 1.82) is 0 Å². The first-order chi connectivity index (χ1) is 11.2. The van der Waals surface area contributed by atoms with Crippen LogP contribution in [0.5, 0.6) is 0 Å². The van der Waals surface area contributed by atoms with Gasteiger partial charge in [-0.15, -0.1) is 0 Å². The molecule has 5 atom stereocenters. The topological polar surface area (TPSA) is 166 Å². The summed E-state index contributed by atoms with van der Waals surface area (Å²) in [6.07, 6.45) is -4.61. The molecule has 0 spiro atoms. The molecule has 0 bridgehead atoms. The number of oxime groups is 1. The fraction of sp³-hybridized carbons (Fsp3) is 0.909. The van der Waals surface area contributed by atoms with E-state index in [1.165, 1.54) is 0 Å². The zero-order chi connectivity index (χ0) is 18.3. The van der Waals surface area contributed by atoms with Gasteiger partial charge in [0.1, 0.15) is 0 Å². The van der Waals surface area contributed by atoms with Crippen molar-refractivity contribution < 1.29 is 42.4 Å². The van der Waals surface area contributed by atoms with Crippen LogP contribution in [0.2, 0.25) is 11.1 Å². The van der Waals surface area contributed by atoms with Gasteiger partial charge in [0.2, 0.25) is 0 Å². The molecule has 1 fully saturated rings. The first-order valence-electron chi connectivity index (χ1n) is 6.88. The summed E-state index contributed by atoms with van der Waals surface area (Å²) in [6.45, 7) is -0.575. The minimum absolute atomic E-state index is 0.126. The van der Waals surface area contributed by atoms with E-state index in [2.05, 4.69) is 9.44 Å². The Kier molecular flexibility index (Phi) is 9.44. The van der Waals surface area contributed by atoms with Gasteiger partial charge in [-0.3, -0.25) is 0 Å². The van der Waals surface area contributed by atoms with Crippen LogP contribution in [0, 0.1) is 0 Å². The Morgan fingerprint density at radius 3 is 2.50 bits per heavy atom. The molecule has 1 aliphatic heterocycles. The Morgan fingerprint density at radius 2 is 1.96 bits per heavy atom. The van der Waals surface area contributed by atoms with Gasteiger partial charge in [-0.1, -0.05) is 0 Å². The summed E-state index contributed by atoms with van der Waals surface area (Å²) in [5.74, 6) is 2.03. The van der Waals surface area contributed by atoms with E-state index in [1.54, 1.807) is 0 Å². The van der Waals surface area contributed by atoms with E-state index in [-0.39, 0.29) is 5.04 Å². The molecular weight excluding hydrogens is 433 g/mol. The Labute approximate surface area is 150 Å². The summed E-state index contributed by atoms with van der Waals surface area (Å²) in [6, 6.07) is 0. The van der Waals surface area contributed by atoms with Crippen molar-refractivity contribution in [3.05, 3.63) is 0 Å². The van der Waals surface area contributed by atoms with Crippen molar-refractivity contribution in [1.82, 2.24) is 0 Å². The molecule has 0 unspecified atom stereocenters. The molecule has 10 nitrogen and oxygen atoms in total. The first-order valence-corrected chi connectivity index (χ1v) is 12.1. The van der Waals surface area contributed by atoms with Gasteiger partial charge in [-0.05, 0) is 0 Å². The molecule has 0 aromatic rings. The van der Waals surface area contributed by atoms with Crippen LogP contribution in [0.3, 0.4) is 0 Å². The summed E-state index contributed by atoms with van der Waals surface area (Å²) in [5, 5.41) is 43.0. The normalized spacial score (nSPS) is 31.9. The number of ether oxygens (including phenoxy) is 1. The van der Waals surface area contributed by atoms with E-state index < -0.39 is 46.9 Å². The third-order valence-corrected chi connectivity index (χ3v) is 5.97. The molecule has 142 valence electrons. The van der Waals surface area contributed by atoms with E-state index in [1.807, 2.05) is 5.82 Å². The minimum atomic E-state index is -4.77. The van der Waals surface area contributed by atoms with Crippen LogP contribution in [0.1, 0.15) is 12.8 Å². The van der Waals surface area contributed by atoms with Crippen molar-refractivity contribution in [2.75, 3.05) is 6.61 Å². The van der Waals surface area contributed by atoms with Crippen molar-refractivity contribution in [2.45, 2.75) is 53.8 Å². The summed E-state index contributed by atoms with van der Waals surface area (Å²) in [4.78, 5) is 0. The molecular formula is C11H21NO9S2Se. The van der Waals surface area contributed by atoms with Crippen molar-refractivity contribution >= 4 is 42.2 Å². The number of aliphatic hydroxyl groups excluding tert-OH is 4. The second-order valence-corrected chi connectivity index (χ2v) is 9.14. The van der Waals surface area contributed by atoms with Gasteiger partial charge in [-0.2, -0.15) is 0 Å². The molecule has 1 aliphatic rings. The quantitative estimate of drug-likeness (QED) is 0.0735. The number of hydrogen-bond acceptors (Lipinski definition) is 10. The van der Waals surface area contributed by atoms with Crippen molar-refractivity contribution in [3.8, 4) is 0 Å². The van der Waals surface area contributed by atoms with E-state index in [0.29, 0.717) is 27.8 Å². The predicted octanol–water partition coefficient (Wildman–Crippen LogP) is -1.40.